The van der Waals surface area contributed by atoms with E-state index < -0.39 is 0 Å². The zero-order valence-electron chi connectivity index (χ0n) is 19.1. The number of anilines is 1. The number of rotatable bonds is 6. The number of hydrogen-bond donors (Lipinski definition) is 2. The van der Waals surface area contributed by atoms with Gasteiger partial charge in [0.2, 0.25) is 0 Å². The molecule has 1 aliphatic heterocycles. The molecule has 0 saturated carbocycles. The fraction of sp³-hybridized carbons (Fsp3) is 0.320. The third kappa shape index (κ3) is 4.65. The Morgan fingerprint density at radius 3 is 2.70 bits per heavy atom. The number of nitrogens with two attached hydrogens (primary N) is 1. The van der Waals surface area contributed by atoms with E-state index in [1.165, 1.54) is 6.20 Å². The number of pyridine rings is 1. The predicted octanol–water partition coefficient (Wildman–Crippen LogP) is 4.71. The van der Waals surface area contributed by atoms with Crippen molar-refractivity contribution in [2.75, 3.05) is 18.5 Å². The van der Waals surface area contributed by atoms with Crippen LogP contribution in [-0.2, 0) is 4.74 Å². The Balaban J connectivity index is 1.81. The van der Waals surface area contributed by atoms with Crippen molar-refractivity contribution >= 4 is 40.0 Å². The number of ether oxygens (including phenoxy) is 1. The van der Waals surface area contributed by atoms with Crippen molar-refractivity contribution in [2.45, 2.75) is 39.8 Å². The minimum Gasteiger partial charge on any atom is -0.455 e. The molecular formula is C25H27ClN4O3. The lowest BCUT2D eigenvalue weighted by Crippen LogP contribution is -2.31. The molecule has 7 nitrogen and oxygen atoms in total. The summed E-state index contributed by atoms with van der Waals surface area (Å²) in [6.45, 7) is 8.78. The van der Waals surface area contributed by atoms with E-state index >= 15 is 0 Å². The molecular weight excluding hydrogens is 440 g/mol. The molecule has 1 atom stereocenters. The van der Waals surface area contributed by atoms with Crippen LogP contribution in [0.4, 0.5) is 5.69 Å². The molecule has 1 saturated heterocycles. The van der Waals surface area contributed by atoms with Gasteiger partial charge in [-0.25, -0.2) is 4.98 Å². The van der Waals surface area contributed by atoms with Gasteiger partial charge in [0, 0.05) is 23.5 Å². The van der Waals surface area contributed by atoms with Crippen LogP contribution >= 0.6 is 11.6 Å². The maximum absolute atomic E-state index is 13.3. The molecule has 1 aromatic carbocycles. The molecule has 2 aromatic heterocycles. The lowest BCUT2D eigenvalue weighted by molar-refractivity contribution is 0.0135. The number of nitrogens with one attached hydrogen (secondary N) is 1. The highest BCUT2D eigenvalue weighted by molar-refractivity contribution is 6.29. The monoisotopic (exact) mass is 466 g/mol. The number of nitrogens with zero attached hydrogens (tertiary/aromatic N) is 2. The number of aliphatic imine (C=N–C) groups is 1. The highest BCUT2D eigenvalue weighted by Gasteiger charge is 2.21. The van der Waals surface area contributed by atoms with Crippen LogP contribution in [0.5, 0.6) is 0 Å². The van der Waals surface area contributed by atoms with Crippen molar-refractivity contribution in [3.8, 4) is 0 Å². The normalized spacial score (nSPS) is 15.7. The summed E-state index contributed by atoms with van der Waals surface area (Å²) in [5.41, 5.74) is 10.8. The second-order valence-corrected chi connectivity index (χ2v) is 8.73. The SMILES string of the molecule is Cc1cc(C(C)Nc2ccc(Cl)nc2C)c2oc(/C(C=NC3COC3)=C/N)c(C)c(=O)c2c1. The van der Waals surface area contributed by atoms with Crippen molar-refractivity contribution in [1.29, 1.82) is 0 Å². The molecule has 33 heavy (non-hydrogen) atoms. The first kappa shape index (κ1) is 23.0. The highest BCUT2D eigenvalue weighted by atomic mass is 35.5. The summed E-state index contributed by atoms with van der Waals surface area (Å²) in [5.74, 6) is 0.417. The van der Waals surface area contributed by atoms with E-state index in [0.717, 1.165) is 22.5 Å². The molecule has 0 spiro atoms. The predicted molar refractivity (Wildman–Crippen MR) is 133 cm³/mol. The molecule has 172 valence electrons. The van der Waals surface area contributed by atoms with Gasteiger partial charge in [-0.3, -0.25) is 9.79 Å². The lowest BCUT2D eigenvalue weighted by atomic mass is 9.99. The van der Waals surface area contributed by atoms with Crippen LogP contribution in [0.25, 0.3) is 16.5 Å². The summed E-state index contributed by atoms with van der Waals surface area (Å²) in [7, 11) is 0. The van der Waals surface area contributed by atoms with Crippen molar-refractivity contribution < 1.29 is 9.15 Å². The van der Waals surface area contributed by atoms with Gasteiger partial charge in [0.25, 0.3) is 0 Å². The average Bonchev–Trinajstić information content (AvgIpc) is 2.74. The second-order valence-electron chi connectivity index (χ2n) is 8.34. The van der Waals surface area contributed by atoms with Crippen LogP contribution in [0, 0.1) is 20.8 Å². The van der Waals surface area contributed by atoms with Crippen LogP contribution in [0.2, 0.25) is 5.15 Å². The smallest absolute Gasteiger partial charge is 0.196 e. The molecule has 1 aliphatic rings. The number of halogens is 1. The Labute approximate surface area is 197 Å². The van der Waals surface area contributed by atoms with E-state index in [9.17, 15) is 4.79 Å². The Morgan fingerprint density at radius 1 is 1.30 bits per heavy atom. The third-order valence-corrected chi connectivity index (χ3v) is 5.98. The molecule has 4 rings (SSSR count). The van der Waals surface area contributed by atoms with E-state index in [2.05, 4.69) is 15.3 Å². The van der Waals surface area contributed by atoms with Crippen molar-refractivity contribution in [3.63, 3.8) is 0 Å². The van der Waals surface area contributed by atoms with Crippen LogP contribution in [-0.4, -0.2) is 30.5 Å². The molecule has 3 heterocycles. The zero-order chi connectivity index (χ0) is 23.7. The largest absolute Gasteiger partial charge is 0.455 e. The van der Waals surface area contributed by atoms with Gasteiger partial charge < -0.3 is 20.2 Å². The topological polar surface area (TPSA) is 103 Å². The molecule has 0 amide bonds. The number of fused-ring (bicyclic) bond motifs is 1. The molecule has 0 radical (unpaired) electrons. The summed E-state index contributed by atoms with van der Waals surface area (Å²) < 4.78 is 11.5. The summed E-state index contributed by atoms with van der Waals surface area (Å²) in [6, 6.07) is 7.44. The van der Waals surface area contributed by atoms with Crippen LogP contribution in [0.1, 0.15) is 41.1 Å². The van der Waals surface area contributed by atoms with Gasteiger partial charge in [-0.15, -0.1) is 0 Å². The van der Waals surface area contributed by atoms with Gasteiger partial charge >= 0.3 is 0 Å². The molecule has 3 aromatic rings. The van der Waals surface area contributed by atoms with Crippen LogP contribution in [0.15, 0.2) is 44.7 Å². The molecule has 3 N–H and O–H groups in total. The minimum atomic E-state index is -0.168. The number of hydrogen-bond acceptors (Lipinski definition) is 7. The molecule has 0 aliphatic carbocycles. The van der Waals surface area contributed by atoms with E-state index in [4.69, 9.17) is 26.5 Å². The van der Waals surface area contributed by atoms with Gasteiger partial charge in [-0.2, -0.15) is 0 Å². The van der Waals surface area contributed by atoms with E-state index in [1.54, 1.807) is 19.2 Å². The minimum absolute atomic E-state index is 0.0903. The summed E-state index contributed by atoms with van der Waals surface area (Å²) >= 11 is 6.00. The maximum Gasteiger partial charge on any atom is 0.196 e. The van der Waals surface area contributed by atoms with Gasteiger partial charge in [0.05, 0.1) is 47.6 Å². The summed E-state index contributed by atoms with van der Waals surface area (Å²) in [4.78, 5) is 22.1. The van der Waals surface area contributed by atoms with E-state index in [0.29, 0.717) is 46.2 Å². The Morgan fingerprint density at radius 2 is 2.06 bits per heavy atom. The van der Waals surface area contributed by atoms with Gasteiger partial charge in [0.15, 0.2) is 5.43 Å². The molecule has 1 fully saturated rings. The Bertz CT molecular complexity index is 1330. The Hall–Kier alpha value is -3.16. The standard InChI is InChI=1S/C25H27ClN4O3/c1-13-7-19(15(3)29-21-5-6-22(26)30-16(21)4)25-20(8-13)23(31)14(2)24(33-25)17(9-27)10-28-18-11-32-12-18/h5-10,15,18,29H,11-12,27H2,1-4H3/b17-9+,28-10?. The Kier molecular flexibility index (Phi) is 6.54. The first-order valence-corrected chi connectivity index (χ1v) is 11.2. The van der Waals surface area contributed by atoms with E-state index in [1.807, 2.05) is 39.0 Å². The number of benzene rings is 1. The summed E-state index contributed by atoms with van der Waals surface area (Å²) in [5, 5.41) is 4.44. The van der Waals surface area contributed by atoms with E-state index in [-0.39, 0.29) is 17.5 Å². The fourth-order valence-corrected chi connectivity index (χ4v) is 4.02. The van der Waals surface area contributed by atoms with Crippen molar-refractivity contribution in [1.82, 2.24) is 4.98 Å². The van der Waals surface area contributed by atoms with Gasteiger partial charge in [-0.05, 0) is 51.5 Å². The number of aryl methyl sites for hydroxylation is 2. The third-order valence-electron chi connectivity index (χ3n) is 5.77. The second kappa shape index (κ2) is 9.37. The van der Waals surface area contributed by atoms with Crippen LogP contribution < -0.4 is 16.5 Å². The quantitative estimate of drug-likeness (QED) is 0.403. The van der Waals surface area contributed by atoms with Gasteiger partial charge in [-0.1, -0.05) is 17.7 Å². The average molecular weight is 467 g/mol. The first-order valence-electron chi connectivity index (χ1n) is 10.8. The zero-order valence-corrected chi connectivity index (χ0v) is 19.9. The van der Waals surface area contributed by atoms with Crippen LogP contribution in [0.3, 0.4) is 0 Å². The van der Waals surface area contributed by atoms with Gasteiger partial charge in [0.1, 0.15) is 16.5 Å². The van der Waals surface area contributed by atoms with Crippen molar-refractivity contribution in [3.05, 3.63) is 74.0 Å². The first-order chi connectivity index (χ1) is 15.8. The van der Waals surface area contributed by atoms with Crippen molar-refractivity contribution in [2.24, 2.45) is 10.7 Å². The lowest BCUT2D eigenvalue weighted by Gasteiger charge is -2.22. The number of allylic oxidation sites excluding steroid dienone is 1. The molecule has 1 unspecified atom stereocenters. The molecule has 0 bridgehead atoms. The summed E-state index contributed by atoms with van der Waals surface area (Å²) in [6.07, 6.45) is 3.07. The maximum atomic E-state index is 13.3. The highest BCUT2D eigenvalue weighted by Crippen LogP contribution is 2.31. The fourth-order valence-electron chi connectivity index (χ4n) is 3.83. The molecule has 8 heteroatoms. The number of aromatic nitrogens is 1.